The topological polar surface area (TPSA) is 54.0 Å². The number of hydrogen-bond acceptors (Lipinski definition) is 5. The van der Waals surface area contributed by atoms with Crippen LogP contribution in [0.1, 0.15) is 73.9 Å². The van der Waals surface area contributed by atoms with Gasteiger partial charge in [0, 0.05) is 50.7 Å². The zero-order valence-electron chi connectivity index (χ0n) is 73.6. The summed E-state index contributed by atoms with van der Waals surface area (Å²) in [6.45, 7) is 23.0. The number of furan rings is 2. The summed E-state index contributed by atoms with van der Waals surface area (Å²) < 4.78 is 31.9. The molecule has 0 N–H and O–H groups in total. The predicted molar refractivity (Wildman–Crippen MR) is 541 cm³/mol. The van der Waals surface area contributed by atoms with E-state index >= 15 is 0 Å². The van der Waals surface area contributed by atoms with Crippen LogP contribution in [0.3, 0.4) is 0 Å². The molecular weight excluding hydrogens is 1610 g/mol. The van der Waals surface area contributed by atoms with Gasteiger partial charge in [0.25, 0.3) is 0 Å². The van der Waals surface area contributed by atoms with Crippen molar-refractivity contribution in [1.82, 2.24) is 0 Å². The van der Waals surface area contributed by atoms with Crippen molar-refractivity contribution in [2.75, 3.05) is 13.2 Å². The van der Waals surface area contributed by atoms with Crippen molar-refractivity contribution >= 4 is 93.5 Å². The minimum absolute atomic E-state index is 0.379. The van der Waals surface area contributed by atoms with E-state index in [4.69, 9.17) is 22.9 Å². The summed E-state index contributed by atoms with van der Waals surface area (Å²) in [6, 6.07) is 136. The number of aryl methyl sites for hydroxylation is 6. The lowest BCUT2D eigenvalue weighted by molar-refractivity contribution is 0.00578. The van der Waals surface area contributed by atoms with Crippen molar-refractivity contribution < 1.29 is 22.9 Å². The van der Waals surface area contributed by atoms with Crippen LogP contribution in [-0.4, -0.2) is 31.5 Å². The molecule has 20 aromatic rings. The van der Waals surface area contributed by atoms with Crippen LogP contribution in [0.4, 0.5) is 0 Å². The molecule has 2 aromatic heterocycles. The van der Waals surface area contributed by atoms with Crippen LogP contribution in [0.25, 0.3) is 188 Å². The van der Waals surface area contributed by atoms with Gasteiger partial charge in [-0.1, -0.05) is 377 Å². The minimum atomic E-state index is -0.417. The molecule has 7 heteroatoms. The Balaban J connectivity index is 0.000000127. The average Bonchev–Trinajstić information content (AvgIpc) is 1.61. The fourth-order valence-corrected chi connectivity index (χ4v) is 18.3. The zero-order chi connectivity index (χ0) is 87.0. The smallest absolute Gasteiger partial charge is 0.455 e. The number of rotatable bonds is 12. The SMILES string of the molecule is C1CCOC1.Cc1ccc(-c2ccc3c(-c4ccccc4)c4cc(-c5ccc6c(-c7ccc(C)cc7)c(-c7ccc(C)cc7)oc6c5)ccc4c(-c4ccccc4)c3c2)cc1.Cc1ccc(-c2ccc3c(-c4ccccc4)c4cc(Br)ccc4c(-c4ccccc4)c3c2)cc1.Cc1ccc(-c2oc3cc(B4OC(C)(C)C(C)(C)O4)ccc3c2-c2ccc(C)cc2)cc1. The van der Waals surface area contributed by atoms with Crippen molar-refractivity contribution in [3.8, 4) is 123 Å². The fourth-order valence-electron chi connectivity index (χ4n) is 18.0. The van der Waals surface area contributed by atoms with Crippen LogP contribution >= 0.6 is 15.9 Å². The molecule has 22 rings (SSSR count). The van der Waals surface area contributed by atoms with Gasteiger partial charge in [-0.05, 0) is 268 Å². The maximum atomic E-state index is 6.84. The molecule has 127 heavy (non-hydrogen) atoms. The van der Waals surface area contributed by atoms with E-state index in [1.165, 1.54) is 156 Å². The molecule has 620 valence electrons. The molecule has 0 amide bonds. The molecule has 5 nitrogen and oxygen atoms in total. The van der Waals surface area contributed by atoms with Gasteiger partial charge in [0.05, 0.1) is 11.2 Å². The highest BCUT2D eigenvalue weighted by atomic mass is 79.9. The summed E-state index contributed by atoms with van der Waals surface area (Å²) in [6.07, 6.45) is 2.56. The van der Waals surface area contributed by atoms with Crippen LogP contribution in [-0.2, 0) is 14.0 Å². The molecule has 0 atom stereocenters. The van der Waals surface area contributed by atoms with E-state index in [0.717, 1.165) is 101 Å². The molecule has 0 bridgehead atoms. The second-order valence-electron chi connectivity index (χ2n) is 35.1. The first kappa shape index (κ1) is 83.1. The largest absolute Gasteiger partial charge is 0.494 e. The predicted octanol–water partition coefficient (Wildman–Crippen LogP) is 33.2. The Morgan fingerprint density at radius 2 is 0.488 bits per heavy atom. The lowest BCUT2D eigenvalue weighted by Gasteiger charge is -2.32. The summed E-state index contributed by atoms with van der Waals surface area (Å²) >= 11 is 3.73. The van der Waals surface area contributed by atoms with E-state index < -0.39 is 7.12 Å². The standard InChI is InChI=1S/C55H40O.C33H23Br.C28H29BO3.C4H8O/c1-35-14-20-38(21-15-35)43-26-29-46-49(32-43)52(39-10-6-4-7-11-39)47-30-27-44(33-50(47)53(46)40-12-8-5-9-13-40)45-28-31-48-51(34-45)56-55(42-24-18-37(3)19-25-42)54(48)41-22-16-36(2)17-23-41;1-22-12-14-23(15-13-22)26-16-18-28-30(20-26)32(24-8-4-2-5-9-24)29-19-17-27(34)21-31(29)33(28)25-10-6-3-7-11-25;1-18-7-11-20(12-8-18)25-23-16-15-22(29-31-27(3,4)28(5,6)32-29)17-24(23)30-26(25)21-13-9-19(2)10-14-21;1-2-4-5-3-1/h4-34H,1-3H3;2-21H,1H3;7-17H,1-6H3;1-4H2. The van der Waals surface area contributed by atoms with Gasteiger partial charge in [0.2, 0.25) is 0 Å². The molecule has 2 fully saturated rings. The van der Waals surface area contributed by atoms with Gasteiger partial charge in [-0.15, -0.1) is 0 Å². The molecule has 2 aliphatic rings. The Morgan fingerprint density at radius 1 is 0.228 bits per heavy atom. The minimum Gasteiger partial charge on any atom is -0.455 e. The Bertz CT molecular complexity index is 7380. The lowest BCUT2D eigenvalue weighted by Crippen LogP contribution is -2.41. The van der Waals surface area contributed by atoms with Crippen molar-refractivity contribution in [3.05, 3.63) is 414 Å². The van der Waals surface area contributed by atoms with E-state index in [1.54, 1.807) is 0 Å². The number of halogens is 1. The monoisotopic (exact) mass is 1710 g/mol. The highest BCUT2D eigenvalue weighted by Crippen LogP contribution is 2.51. The van der Waals surface area contributed by atoms with Gasteiger partial charge in [-0.3, -0.25) is 0 Å². The molecule has 2 aliphatic heterocycles. The van der Waals surface area contributed by atoms with Crippen LogP contribution in [0.5, 0.6) is 0 Å². The van der Waals surface area contributed by atoms with E-state index in [9.17, 15) is 0 Å². The third-order valence-corrected chi connectivity index (χ3v) is 26.1. The van der Waals surface area contributed by atoms with Crippen LogP contribution in [0.15, 0.2) is 389 Å². The molecule has 4 heterocycles. The van der Waals surface area contributed by atoms with Crippen LogP contribution in [0, 0.1) is 41.5 Å². The fraction of sp³-hybridized carbons (Fsp3) is 0.133. The average molecular weight is 1710 g/mol. The number of hydrogen-bond donors (Lipinski definition) is 0. The molecular formula is C120H100BBrO5. The Labute approximate surface area is 754 Å². The molecule has 18 aromatic carbocycles. The summed E-state index contributed by atoms with van der Waals surface area (Å²) in [7, 11) is -0.417. The number of fused-ring (bicyclic) bond motifs is 6. The van der Waals surface area contributed by atoms with Crippen molar-refractivity contribution in [2.45, 2.75) is 93.3 Å². The lowest BCUT2D eigenvalue weighted by atomic mass is 9.78. The van der Waals surface area contributed by atoms with Gasteiger partial charge < -0.3 is 22.9 Å². The van der Waals surface area contributed by atoms with Crippen molar-refractivity contribution in [1.29, 1.82) is 0 Å². The summed E-state index contributed by atoms with van der Waals surface area (Å²) in [5.74, 6) is 1.78. The zero-order valence-corrected chi connectivity index (χ0v) is 75.2. The Kier molecular flexibility index (Phi) is 23.2. The maximum absolute atomic E-state index is 6.84. The summed E-state index contributed by atoms with van der Waals surface area (Å²) in [5, 5.41) is 12.2. The van der Waals surface area contributed by atoms with E-state index in [0.29, 0.717) is 0 Å². The normalized spacial score (nSPS) is 13.4. The van der Waals surface area contributed by atoms with E-state index in [2.05, 4.69) is 461 Å². The van der Waals surface area contributed by atoms with E-state index in [1.807, 2.05) is 0 Å². The van der Waals surface area contributed by atoms with Gasteiger partial charge in [0.1, 0.15) is 22.7 Å². The molecule has 0 saturated carbocycles. The van der Waals surface area contributed by atoms with Crippen LogP contribution in [0.2, 0.25) is 0 Å². The highest BCUT2D eigenvalue weighted by Gasteiger charge is 2.52. The molecule has 2 saturated heterocycles. The summed E-state index contributed by atoms with van der Waals surface area (Å²) in [5.41, 5.74) is 33.2. The van der Waals surface area contributed by atoms with Gasteiger partial charge in [-0.25, -0.2) is 0 Å². The first-order valence-corrected chi connectivity index (χ1v) is 45.0. The maximum Gasteiger partial charge on any atom is 0.494 e. The third kappa shape index (κ3) is 17.0. The van der Waals surface area contributed by atoms with E-state index in [-0.39, 0.29) is 11.2 Å². The molecule has 0 unspecified atom stereocenters. The molecule has 0 spiro atoms. The highest BCUT2D eigenvalue weighted by molar-refractivity contribution is 9.10. The van der Waals surface area contributed by atoms with Gasteiger partial charge in [0.15, 0.2) is 0 Å². The van der Waals surface area contributed by atoms with Crippen molar-refractivity contribution in [3.63, 3.8) is 0 Å². The summed E-state index contributed by atoms with van der Waals surface area (Å²) in [4.78, 5) is 0. The van der Waals surface area contributed by atoms with Crippen LogP contribution < -0.4 is 5.46 Å². The number of ether oxygens (including phenoxy) is 1. The second kappa shape index (κ2) is 35.5. The van der Waals surface area contributed by atoms with Crippen molar-refractivity contribution in [2.24, 2.45) is 0 Å². The van der Waals surface area contributed by atoms with Gasteiger partial charge in [-0.2, -0.15) is 0 Å². The first-order valence-electron chi connectivity index (χ1n) is 44.3. The molecule has 0 radical (unpaired) electrons. The number of benzene rings is 18. The van der Waals surface area contributed by atoms with Gasteiger partial charge >= 0.3 is 7.12 Å². The Morgan fingerprint density at radius 3 is 0.819 bits per heavy atom. The third-order valence-electron chi connectivity index (χ3n) is 25.6. The first-order chi connectivity index (χ1) is 61.8. The second-order valence-corrected chi connectivity index (χ2v) is 36.0. The molecule has 0 aliphatic carbocycles. The Hall–Kier alpha value is -13.5. The quantitative estimate of drug-likeness (QED) is 0.0901.